The van der Waals surface area contributed by atoms with Crippen LogP contribution in [0.4, 0.5) is 0 Å². The Balaban J connectivity index is 1.02. The Hall–Kier alpha value is -7.60. The lowest BCUT2D eigenvalue weighted by molar-refractivity contribution is 1.10. The molecule has 0 spiro atoms. The Bertz CT molecular complexity index is 3240. The maximum Gasteiger partial charge on any atom is 0.105 e. The number of allylic oxidation sites excluding steroid dienone is 1. The highest BCUT2D eigenvalue weighted by Gasteiger charge is 2.20. The number of para-hydroxylation sites is 3. The number of nitrogens with zero attached hydrogens (tertiary/aromatic N) is 2. The summed E-state index contributed by atoms with van der Waals surface area (Å²) in [5.74, 6) is 7.23. The molecule has 0 amide bonds. The fraction of sp³-hybridized carbons (Fsp3) is 0.0182. The monoisotopic (exact) mass is 724 g/mol. The number of benzene rings is 8. The van der Waals surface area contributed by atoms with Crippen LogP contribution in [-0.4, -0.2) is 9.13 Å². The van der Waals surface area contributed by atoms with Crippen LogP contribution in [0.15, 0.2) is 200 Å². The summed E-state index contributed by atoms with van der Waals surface area (Å²) < 4.78 is 4.77. The topological polar surface area (TPSA) is 9.86 Å². The quantitative estimate of drug-likeness (QED) is 0.151. The summed E-state index contributed by atoms with van der Waals surface area (Å²) in [6.45, 7) is 0. The van der Waals surface area contributed by atoms with Crippen LogP contribution in [-0.2, 0) is 0 Å². The van der Waals surface area contributed by atoms with E-state index in [-0.39, 0.29) is 0 Å². The summed E-state index contributed by atoms with van der Waals surface area (Å²) in [5.41, 5.74) is 17.7. The van der Waals surface area contributed by atoms with E-state index >= 15 is 0 Å². The molecule has 2 aromatic heterocycles. The van der Waals surface area contributed by atoms with Crippen molar-refractivity contribution < 1.29 is 0 Å². The van der Waals surface area contributed by atoms with E-state index < -0.39 is 0 Å². The second-order valence-corrected chi connectivity index (χ2v) is 14.7. The highest BCUT2D eigenvalue weighted by atomic mass is 15.0. The molecule has 0 aliphatic heterocycles. The van der Waals surface area contributed by atoms with Crippen molar-refractivity contribution in [2.75, 3.05) is 0 Å². The third-order valence-corrected chi connectivity index (χ3v) is 11.4. The van der Waals surface area contributed by atoms with Gasteiger partial charge in [-0.2, -0.15) is 0 Å². The molecule has 1 aliphatic rings. The molecule has 0 unspecified atom stereocenters. The van der Waals surface area contributed by atoms with Gasteiger partial charge in [-0.3, -0.25) is 0 Å². The van der Waals surface area contributed by atoms with Crippen molar-refractivity contribution in [2.45, 2.75) is 6.42 Å². The van der Waals surface area contributed by atoms with Gasteiger partial charge in [-0.05, 0) is 93.4 Å². The molecule has 266 valence electrons. The molecule has 0 fully saturated rings. The van der Waals surface area contributed by atoms with Crippen LogP contribution in [0.5, 0.6) is 0 Å². The Morgan fingerprint density at radius 3 is 1.75 bits per heavy atom. The largest absolute Gasteiger partial charge is 0.309 e. The Kier molecular flexibility index (Phi) is 7.83. The van der Waals surface area contributed by atoms with Crippen LogP contribution >= 0.6 is 0 Å². The predicted octanol–water partition coefficient (Wildman–Crippen LogP) is 14.0. The Labute approximate surface area is 332 Å². The lowest BCUT2D eigenvalue weighted by Crippen LogP contribution is -1.98. The van der Waals surface area contributed by atoms with E-state index in [4.69, 9.17) is 0 Å². The smallest absolute Gasteiger partial charge is 0.105 e. The predicted molar refractivity (Wildman–Crippen MR) is 240 cm³/mol. The van der Waals surface area contributed by atoms with E-state index in [9.17, 15) is 0 Å². The van der Waals surface area contributed by atoms with Gasteiger partial charge in [0.2, 0.25) is 0 Å². The normalized spacial score (nSPS) is 12.2. The summed E-state index contributed by atoms with van der Waals surface area (Å²) in [7, 11) is 0. The number of hydrogen-bond acceptors (Lipinski definition) is 0. The van der Waals surface area contributed by atoms with Crippen molar-refractivity contribution >= 4 is 44.4 Å². The third kappa shape index (κ3) is 5.60. The maximum absolute atomic E-state index is 3.64. The molecule has 2 heterocycles. The number of rotatable bonds is 6. The van der Waals surface area contributed by atoms with Crippen LogP contribution in [0, 0.1) is 11.8 Å². The molecular weight excluding hydrogens is 689 g/mol. The van der Waals surface area contributed by atoms with Crippen LogP contribution < -0.4 is 0 Å². The standard InChI is InChI=1S/C55H36N2/c1-3-15-38(16-4-1)39-29-31-40(32-30-39)42-19-13-21-45(35-42)56-52-26-11-8-23-47(52)49-36-43(20-14-28-54(49)56)44-33-34-55-50(37-44)48-24-9-12-27-53(48)57(55)51-25-10-7-22-46(51)41-17-5-2-6-18-41/h1-13,15-19,21-27,29-37H,20H2. The molecule has 2 heteroatoms. The minimum absolute atomic E-state index is 0.664. The van der Waals surface area contributed by atoms with Gasteiger partial charge in [0, 0.05) is 39.4 Å². The number of fused-ring (bicyclic) bond motifs is 6. The molecule has 11 rings (SSSR count). The summed E-state index contributed by atoms with van der Waals surface area (Å²) in [6, 6.07) is 72.1. The molecule has 1 aliphatic carbocycles. The van der Waals surface area contributed by atoms with E-state index in [1.165, 1.54) is 83.0 Å². The van der Waals surface area contributed by atoms with Gasteiger partial charge < -0.3 is 9.13 Å². The highest BCUT2D eigenvalue weighted by Crippen LogP contribution is 2.40. The second-order valence-electron chi connectivity index (χ2n) is 14.7. The first-order chi connectivity index (χ1) is 28.3. The third-order valence-electron chi connectivity index (χ3n) is 11.4. The fourth-order valence-corrected chi connectivity index (χ4v) is 8.71. The van der Waals surface area contributed by atoms with Crippen molar-refractivity contribution in [2.24, 2.45) is 0 Å². The van der Waals surface area contributed by atoms with E-state index in [2.05, 4.69) is 227 Å². The van der Waals surface area contributed by atoms with Crippen LogP contribution in [0.25, 0.3) is 89.1 Å². The average Bonchev–Trinajstić information content (AvgIpc) is 3.68. The molecule has 10 aromatic rings. The number of hydrogen-bond donors (Lipinski definition) is 0. The Morgan fingerprint density at radius 1 is 0.386 bits per heavy atom. The molecule has 0 bridgehead atoms. The first-order valence-electron chi connectivity index (χ1n) is 19.6. The number of aromatic nitrogens is 2. The first-order valence-corrected chi connectivity index (χ1v) is 19.6. The molecule has 0 atom stereocenters. The molecular formula is C55H36N2. The van der Waals surface area contributed by atoms with Gasteiger partial charge in [0.05, 0.1) is 22.2 Å². The zero-order valence-corrected chi connectivity index (χ0v) is 31.2. The van der Waals surface area contributed by atoms with Gasteiger partial charge in [-0.25, -0.2) is 0 Å². The molecule has 0 saturated carbocycles. The van der Waals surface area contributed by atoms with Crippen molar-refractivity contribution in [1.82, 2.24) is 9.13 Å². The van der Waals surface area contributed by atoms with Gasteiger partial charge in [0.1, 0.15) is 5.69 Å². The van der Waals surface area contributed by atoms with Crippen LogP contribution in [0.1, 0.15) is 23.2 Å². The van der Waals surface area contributed by atoms with E-state index in [0.717, 1.165) is 16.9 Å². The molecule has 0 saturated heterocycles. The average molecular weight is 725 g/mol. The summed E-state index contributed by atoms with van der Waals surface area (Å²) >= 11 is 0. The lowest BCUT2D eigenvalue weighted by Gasteiger charge is -2.14. The zero-order chi connectivity index (χ0) is 37.7. The maximum atomic E-state index is 3.64. The minimum atomic E-state index is 0.664. The molecule has 57 heavy (non-hydrogen) atoms. The molecule has 2 nitrogen and oxygen atoms in total. The lowest BCUT2D eigenvalue weighted by atomic mass is 9.98. The van der Waals surface area contributed by atoms with Gasteiger partial charge >= 0.3 is 0 Å². The molecule has 8 aromatic carbocycles. The van der Waals surface area contributed by atoms with Gasteiger partial charge in [-0.15, -0.1) is 0 Å². The van der Waals surface area contributed by atoms with Crippen LogP contribution in [0.3, 0.4) is 0 Å². The van der Waals surface area contributed by atoms with Gasteiger partial charge in [-0.1, -0.05) is 164 Å². The molecule has 0 radical (unpaired) electrons. The SMILES string of the molecule is C1#Cc2c(c3ccccc3n2-c2cccc(-c3ccc(-c4ccccc4)cc3)c2)C=C(c2ccc3c(c2)c2ccccc2n3-c2ccccc2-c2ccccc2)C1. The minimum Gasteiger partial charge on any atom is -0.309 e. The zero-order valence-electron chi connectivity index (χ0n) is 31.2. The van der Waals surface area contributed by atoms with Gasteiger partial charge in [0.15, 0.2) is 0 Å². The highest BCUT2D eigenvalue weighted by molar-refractivity contribution is 6.11. The van der Waals surface area contributed by atoms with E-state index in [1.54, 1.807) is 0 Å². The van der Waals surface area contributed by atoms with E-state index in [1.807, 2.05) is 0 Å². The first kappa shape index (κ1) is 32.8. The van der Waals surface area contributed by atoms with Crippen molar-refractivity contribution in [1.29, 1.82) is 0 Å². The summed E-state index contributed by atoms with van der Waals surface area (Å²) in [5, 5.41) is 3.68. The Morgan fingerprint density at radius 2 is 0.965 bits per heavy atom. The molecule has 0 N–H and O–H groups in total. The van der Waals surface area contributed by atoms with Crippen molar-refractivity contribution in [3.05, 3.63) is 217 Å². The second kappa shape index (κ2) is 13.6. The van der Waals surface area contributed by atoms with Crippen molar-refractivity contribution in [3.63, 3.8) is 0 Å². The fourth-order valence-electron chi connectivity index (χ4n) is 8.71. The summed E-state index contributed by atoms with van der Waals surface area (Å²) in [4.78, 5) is 0. The van der Waals surface area contributed by atoms with E-state index in [0.29, 0.717) is 6.42 Å². The van der Waals surface area contributed by atoms with Crippen molar-refractivity contribution in [3.8, 4) is 56.6 Å². The van der Waals surface area contributed by atoms with Gasteiger partial charge in [0.25, 0.3) is 0 Å². The summed E-state index contributed by atoms with van der Waals surface area (Å²) in [6.07, 6.45) is 3.04. The van der Waals surface area contributed by atoms with Crippen LogP contribution in [0.2, 0.25) is 0 Å².